The summed E-state index contributed by atoms with van der Waals surface area (Å²) in [4.78, 5) is 19.2. The Morgan fingerprint density at radius 2 is 2.00 bits per heavy atom. The van der Waals surface area contributed by atoms with Gasteiger partial charge in [-0.15, -0.1) is 5.10 Å². The molecule has 2 aromatic rings. The first kappa shape index (κ1) is 20.4. The van der Waals surface area contributed by atoms with E-state index >= 15 is 0 Å². The number of thioether (sulfide) groups is 1. The molecule has 8 nitrogen and oxygen atoms in total. The van der Waals surface area contributed by atoms with Gasteiger partial charge in [0.15, 0.2) is 0 Å². The topological polar surface area (TPSA) is 99.3 Å². The van der Waals surface area contributed by atoms with Gasteiger partial charge >= 0.3 is 0 Å². The Hall–Kier alpha value is -1.91. The van der Waals surface area contributed by atoms with Gasteiger partial charge in [0.2, 0.25) is 21.1 Å². The highest BCUT2D eigenvalue weighted by Gasteiger charge is 2.29. The second-order valence-corrected chi connectivity index (χ2v) is 10.1. The smallest absolute Gasteiger partial charge is 0.243 e. The third kappa shape index (κ3) is 4.19. The van der Waals surface area contributed by atoms with E-state index in [9.17, 15) is 13.2 Å². The number of nitrogens with zero attached hydrogens (tertiary/aromatic N) is 4. The van der Waals surface area contributed by atoms with Crippen molar-refractivity contribution in [2.75, 3.05) is 30.3 Å². The summed E-state index contributed by atoms with van der Waals surface area (Å²) in [6.07, 6.45) is 4.18. The summed E-state index contributed by atoms with van der Waals surface area (Å²) in [5.41, 5.74) is 1.73. The fraction of sp³-hybridized carbons (Fsp3) is 0.526. The van der Waals surface area contributed by atoms with Gasteiger partial charge in [0, 0.05) is 31.7 Å². The molecule has 1 amide bonds. The second kappa shape index (κ2) is 8.45. The van der Waals surface area contributed by atoms with Gasteiger partial charge in [-0.2, -0.15) is 4.31 Å². The van der Waals surface area contributed by atoms with Gasteiger partial charge in [0.25, 0.3) is 0 Å². The summed E-state index contributed by atoms with van der Waals surface area (Å²) in [5.74, 6) is 1.03. The van der Waals surface area contributed by atoms with Crippen molar-refractivity contribution in [3.63, 3.8) is 0 Å². The van der Waals surface area contributed by atoms with E-state index in [1.807, 2.05) is 6.92 Å². The SMILES string of the molecule is CCc1nc(SCC(=O)N2CCCc3cc(S(=O)(=O)N4CCCC4)ccc32)n[nH]1. The molecule has 0 unspecified atom stereocenters. The van der Waals surface area contributed by atoms with Crippen molar-refractivity contribution in [3.05, 3.63) is 29.6 Å². The van der Waals surface area contributed by atoms with E-state index in [4.69, 9.17) is 0 Å². The van der Waals surface area contributed by atoms with E-state index in [1.54, 1.807) is 27.4 Å². The van der Waals surface area contributed by atoms with E-state index in [1.165, 1.54) is 11.8 Å². The first-order chi connectivity index (χ1) is 14.0. The lowest BCUT2D eigenvalue weighted by Gasteiger charge is -2.30. The zero-order chi connectivity index (χ0) is 20.4. The highest BCUT2D eigenvalue weighted by Crippen LogP contribution is 2.32. The fourth-order valence-electron chi connectivity index (χ4n) is 3.78. The Morgan fingerprint density at radius 1 is 1.21 bits per heavy atom. The first-order valence-corrected chi connectivity index (χ1v) is 12.4. The number of benzene rings is 1. The van der Waals surface area contributed by atoms with Gasteiger partial charge in [-0.3, -0.25) is 9.89 Å². The number of sulfonamides is 1. The van der Waals surface area contributed by atoms with Crippen molar-refractivity contribution in [2.24, 2.45) is 0 Å². The summed E-state index contributed by atoms with van der Waals surface area (Å²) >= 11 is 1.31. The molecule has 1 fully saturated rings. The second-order valence-electron chi connectivity index (χ2n) is 7.26. The summed E-state index contributed by atoms with van der Waals surface area (Å²) in [6, 6.07) is 5.16. The minimum absolute atomic E-state index is 0.0195. The predicted molar refractivity (Wildman–Crippen MR) is 112 cm³/mol. The van der Waals surface area contributed by atoms with Gasteiger partial charge < -0.3 is 4.90 Å². The zero-order valence-corrected chi connectivity index (χ0v) is 18.1. The van der Waals surface area contributed by atoms with Gasteiger partial charge in [-0.25, -0.2) is 13.4 Å². The summed E-state index contributed by atoms with van der Waals surface area (Å²) in [6.45, 7) is 3.80. The van der Waals surface area contributed by atoms with Crippen molar-refractivity contribution >= 4 is 33.4 Å². The number of nitrogens with one attached hydrogen (secondary N) is 1. The molecule has 1 N–H and O–H groups in total. The van der Waals surface area contributed by atoms with Crippen LogP contribution in [0.4, 0.5) is 5.69 Å². The van der Waals surface area contributed by atoms with Crippen molar-refractivity contribution < 1.29 is 13.2 Å². The molecule has 29 heavy (non-hydrogen) atoms. The summed E-state index contributed by atoms with van der Waals surface area (Å²) in [7, 11) is -3.45. The average Bonchev–Trinajstić information content (AvgIpc) is 3.43. The molecule has 0 bridgehead atoms. The van der Waals surface area contributed by atoms with Crippen LogP contribution in [0.25, 0.3) is 0 Å². The number of carbonyl (C=O) groups excluding carboxylic acids is 1. The number of aromatic amines is 1. The first-order valence-electron chi connectivity index (χ1n) is 9.96. The molecular weight excluding hydrogens is 410 g/mol. The quantitative estimate of drug-likeness (QED) is 0.699. The molecule has 1 aromatic carbocycles. The number of fused-ring (bicyclic) bond motifs is 1. The molecule has 2 aliphatic rings. The molecular formula is C19H25N5O3S2. The largest absolute Gasteiger partial charge is 0.311 e. The Kier molecular flexibility index (Phi) is 5.93. The maximum Gasteiger partial charge on any atom is 0.243 e. The Bertz CT molecular complexity index is 999. The van der Waals surface area contributed by atoms with Gasteiger partial charge in [0.1, 0.15) is 5.82 Å². The van der Waals surface area contributed by atoms with Gasteiger partial charge in [-0.05, 0) is 49.4 Å². The molecule has 4 rings (SSSR count). The highest BCUT2D eigenvalue weighted by atomic mass is 32.2. The van der Waals surface area contributed by atoms with Crippen LogP contribution in [-0.2, 0) is 27.7 Å². The molecule has 0 atom stereocenters. The summed E-state index contributed by atoms with van der Waals surface area (Å²) < 4.78 is 27.2. The molecule has 0 aliphatic carbocycles. The summed E-state index contributed by atoms with van der Waals surface area (Å²) in [5, 5.41) is 7.53. The number of hydrogen-bond donors (Lipinski definition) is 1. The van der Waals surface area contributed by atoms with Crippen molar-refractivity contribution in [2.45, 2.75) is 49.1 Å². The molecule has 0 spiro atoms. The van der Waals surface area contributed by atoms with E-state index < -0.39 is 10.0 Å². The monoisotopic (exact) mass is 435 g/mol. The number of hydrogen-bond acceptors (Lipinski definition) is 6. The van der Waals surface area contributed by atoms with E-state index in [2.05, 4.69) is 15.2 Å². The molecule has 10 heteroatoms. The van der Waals surface area contributed by atoms with E-state index in [-0.39, 0.29) is 11.7 Å². The molecule has 2 aliphatic heterocycles. The molecule has 1 saturated heterocycles. The number of amides is 1. The predicted octanol–water partition coefficient (Wildman–Crippen LogP) is 2.22. The Morgan fingerprint density at radius 3 is 2.72 bits per heavy atom. The minimum Gasteiger partial charge on any atom is -0.311 e. The van der Waals surface area contributed by atoms with Crippen molar-refractivity contribution in [1.82, 2.24) is 19.5 Å². The lowest BCUT2D eigenvalue weighted by Crippen LogP contribution is -2.37. The molecule has 3 heterocycles. The zero-order valence-electron chi connectivity index (χ0n) is 16.4. The number of aryl methyl sites for hydroxylation is 2. The van der Waals surface area contributed by atoms with Gasteiger partial charge in [0.05, 0.1) is 10.6 Å². The maximum atomic E-state index is 12.8. The Balaban J connectivity index is 1.49. The number of anilines is 1. The lowest BCUT2D eigenvalue weighted by atomic mass is 10.0. The molecule has 1 aromatic heterocycles. The number of carbonyl (C=O) groups is 1. The third-order valence-corrected chi connectivity index (χ3v) is 8.07. The standard InChI is InChI=1S/C19H25N5O3S2/c1-2-17-20-19(22-21-17)28-13-18(25)24-11-5-6-14-12-15(7-8-16(14)24)29(26,27)23-9-3-4-10-23/h7-8,12H,2-6,9-11,13H2,1H3,(H,20,21,22). The van der Waals surface area contributed by atoms with Crippen LogP contribution in [0.15, 0.2) is 28.3 Å². The Labute approximate surface area is 175 Å². The normalized spacial score (nSPS) is 17.5. The van der Waals surface area contributed by atoms with E-state index in [0.29, 0.717) is 29.7 Å². The fourth-order valence-corrected chi connectivity index (χ4v) is 6.04. The van der Waals surface area contributed by atoms with Crippen LogP contribution in [0.1, 0.15) is 37.6 Å². The maximum absolute atomic E-state index is 12.8. The van der Waals surface area contributed by atoms with Crippen LogP contribution in [0.5, 0.6) is 0 Å². The lowest BCUT2D eigenvalue weighted by molar-refractivity contribution is -0.116. The van der Waals surface area contributed by atoms with Crippen LogP contribution in [-0.4, -0.2) is 59.2 Å². The van der Waals surface area contributed by atoms with Crippen LogP contribution in [0, 0.1) is 0 Å². The highest BCUT2D eigenvalue weighted by molar-refractivity contribution is 7.99. The number of aromatic nitrogens is 3. The average molecular weight is 436 g/mol. The number of rotatable bonds is 6. The van der Waals surface area contributed by atoms with Crippen LogP contribution >= 0.6 is 11.8 Å². The van der Waals surface area contributed by atoms with Crippen LogP contribution < -0.4 is 4.90 Å². The third-order valence-electron chi connectivity index (χ3n) is 5.34. The van der Waals surface area contributed by atoms with Crippen molar-refractivity contribution in [3.8, 4) is 0 Å². The van der Waals surface area contributed by atoms with Crippen LogP contribution in [0.3, 0.4) is 0 Å². The van der Waals surface area contributed by atoms with Gasteiger partial charge in [-0.1, -0.05) is 18.7 Å². The molecule has 156 valence electrons. The molecule has 0 saturated carbocycles. The minimum atomic E-state index is -3.45. The van der Waals surface area contributed by atoms with Crippen LogP contribution in [0.2, 0.25) is 0 Å². The van der Waals surface area contributed by atoms with E-state index in [0.717, 1.165) is 49.2 Å². The van der Waals surface area contributed by atoms with Crippen molar-refractivity contribution in [1.29, 1.82) is 0 Å². The number of H-pyrrole nitrogens is 1. The molecule has 0 radical (unpaired) electrons.